The molecular weight excluding hydrogens is 214 g/mol. The van der Waals surface area contributed by atoms with Crippen molar-refractivity contribution >= 4 is 11.9 Å². The molecule has 1 saturated heterocycles. The molecule has 86 valence electrons. The summed E-state index contributed by atoms with van der Waals surface area (Å²) in [6, 6.07) is -0.967. The molecule has 0 aliphatic carbocycles. The molecule has 0 bridgehead atoms. The summed E-state index contributed by atoms with van der Waals surface area (Å²) in [5.41, 5.74) is 0.223. The number of carbonyl (C=O) groups is 2. The lowest BCUT2D eigenvalue weighted by molar-refractivity contribution is -0.141. The SMILES string of the molecule is O=C(O)[C@H]1C[C@@H](O)CN1C(=O)c1cnc[nH]1. The summed E-state index contributed by atoms with van der Waals surface area (Å²) >= 11 is 0. The van der Waals surface area contributed by atoms with Crippen molar-refractivity contribution in [1.29, 1.82) is 0 Å². The molecule has 7 nitrogen and oxygen atoms in total. The maximum absolute atomic E-state index is 11.8. The summed E-state index contributed by atoms with van der Waals surface area (Å²) in [6.07, 6.45) is 1.95. The van der Waals surface area contributed by atoms with Crippen LogP contribution in [0, 0.1) is 0 Å². The number of nitrogens with one attached hydrogen (secondary N) is 1. The molecular formula is C9H11N3O4. The molecule has 1 amide bonds. The number of aliphatic hydroxyl groups excluding tert-OH is 1. The van der Waals surface area contributed by atoms with E-state index in [1.165, 1.54) is 12.5 Å². The Morgan fingerprint density at radius 2 is 2.31 bits per heavy atom. The van der Waals surface area contributed by atoms with Crippen LogP contribution in [0.4, 0.5) is 0 Å². The fourth-order valence-electron chi connectivity index (χ4n) is 1.80. The molecule has 1 aliphatic rings. The first-order chi connectivity index (χ1) is 7.59. The first kappa shape index (κ1) is 10.6. The van der Waals surface area contributed by atoms with E-state index >= 15 is 0 Å². The Kier molecular flexibility index (Phi) is 2.61. The largest absolute Gasteiger partial charge is 0.480 e. The molecule has 16 heavy (non-hydrogen) atoms. The van der Waals surface area contributed by atoms with E-state index in [-0.39, 0.29) is 18.7 Å². The molecule has 1 fully saturated rings. The number of β-amino-alcohol motifs (C(OH)–C–C–N with tert-alkyl or cyclic N) is 1. The molecule has 2 rings (SSSR count). The van der Waals surface area contributed by atoms with E-state index in [2.05, 4.69) is 9.97 Å². The van der Waals surface area contributed by atoms with Crippen LogP contribution in [-0.2, 0) is 4.79 Å². The number of hydrogen-bond acceptors (Lipinski definition) is 4. The van der Waals surface area contributed by atoms with Gasteiger partial charge in [0.15, 0.2) is 0 Å². The van der Waals surface area contributed by atoms with Crippen LogP contribution >= 0.6 is 0 Å². The normalized spacial score (nSPS) is 24.7. The molecule has 0 radical (unpaired) electrons. The minimum absolute atomic E-state index is 0.0365. The molecule has 7 heteroatoms. The van der Waals surface area contributed by atoms with Crippen molar-refractivity contribution in [2.75, 3.05) is 6.54 Å². The van der Waals surface area contributed by atoms with Crippen LogP contribution in [0.2, 0.25) is 0 Å². The smallest absolute Gasteiger partial charge is 0.326 e. The third-order valence-electron chi connectivity index (χ3n) is 2.55. The van der Waals surface area contributed by atoms with E-state index in [0.717, 1.165) is 4.90 Å². The van der Waals surface area contributed by atoms with Gasteiger partial charge in [-0.25, -0.2) is 9.78 Å². The van der Waals surface area contributed by atoms with E-state index in [4.69, 9.17) is 5.11 Å². The molecule has 3 N–H and O–H groups in total. The number of aromatic amines is 1. The molecule has 1 aliphatic heterocycles. The van der Waals surface area contributed by atoms with Crippen LogP contribution in [-0.4, -0.2) is 55.6 Å². The van der Waals surface area contributed by atoms with Crippen LogP contribution in [0.1, 0.15) is 16.9 Å². The highest BCUT2D eigenvalue weighted by molar-refractivity contribution is 5.95. The quantitative estimate of drug-likeness (QED) is 0.602. The molecule has 2 heterocycles. The molecule has 0 saturated carbocycles. The Morgan fingerprint density at radius 3 is 2.88 bits per heavy atom. The summed E-state index contributed by atoms with van der Waals surface area (Å²) < 4.78 is 0. The fraction of sp³-hybridized carbons (Fsp3) is 0.444. The van der Waals surface area contributed by atoms with Crippen LogP contribution in [0.25, 0.3) is 0 Å². The van der Waals surface area contributed by atoms with Crippen molar-refractivity contribution in [2.45, 2.75) is 18.6 Å². The van der Waals surface area contributed by atoms with Gasteiger partial charge in [0.2, 0.25) is 0 Å². The first-order valence-corrected chi connectivity index (χ1v) is 4.80. The molecule has 0 unspecified atom stereocenters. The summed E-state index contributed by atoms with van der Waals surface area (Å²) in [5, 5.41) is 18.3. The molecule has 0 spiro atoms. The third kappa shape index (κ3) is 1.76. The number of H-pyrrole nitrogens is 1. The van der Waals surface area contributed by atoms with Crippen molar-refractivity contribution in [3.8, 4) is 0 Å². The monoisotopic (exact) mass is 225 g/mol. The average Bonchev–Trinajstić information content (AvgIpc) is 2.84. The van der Waals surface area contributed by atoms with Gasteiger partial charge in [-0.15, -0.1) is 0 Å². The highest BCUT2D eigenvalue weighted by atomic mass is 16.4. The van der Waals surface area contributed by atoms with Crippen LogP contribution in [0.5, 0.6) is 0 Å². The Morgan fingerprint density at radius 1 is 1.56 bits per heavy atom. The first-order valence-electron chi connectivity index (χ1n) is 4.80. The third-order valence-corrected chi connectivity index (χ3v) is 2.55. The standard InChI is InChI=1S/C9H11N3O4/c13-5-1-7(9(15)16)12(3-5)8(14)6-2-10-4-11-6/h2,4-5,7,13H,1,3H2,(H,10,11)(H,15,16)/t5-,7-/m1/s1. The number of carbonyl (C=O) groups excluding carboxylic acids is 1. The second kappa shape index (κ2) is 3.93. The van der Waals surface area contributed by atoms with Gasteiger partial charge < -0.3 is 20.1 Å². The van der Waals surface area contributed by atoms with Crippen molar-refractivity contribution in [3.63, 3.8) is 0 Å². The second-order valence-corrected chi connectivity index (χ2v) is 3.67. The van der Waals surface area contributed by atoms with E-state index in [1.807, 2.05) is 0 Å². The summed E-state index contributed by atoms with van der Waals surface area (Å²) in [6.45, 7) is 0.0365. The van der Waals surface area contributed by atoms with Crippen LogP contribution in [0.3, 0.4) is 0 Å². The maximum atomic E-state index is 11.8. The number of carboxylic acid groups (broad SMARTS) is 1. The lowest BCUT2D eigenvalue weighted by Crippen LogP contribution is -2.40. The summed E-state index contributed by atoms with van der Waals surface area (Å²) in [5.74, 6) is -1.56. The van der Waals surface area contributed by atoms with Gasteiger partial charge in [-0.1, -0.05) is 0 Å². The number of likely N-dealkylation sites (tertiary alicyclic amines) is 1. The summed E-state index contributed by atoms with van der Waals surface area (Å²) in [7, 11) is 0. The molecule has 0 aromatic carbocycles. The number of aliphatic carboxylic acids is 1. The number of amides is 1. The van der Waals surface area contributed by atoms with Gasteiger partial charge in [-0.05, 0) is 0 Å². The Balaban J connectivity index is 2.20. The minimum Gasteiger partial charge on any atom is -0.480 e. The minimum atomic E-state index is -1.11. The van der Waals surface area contributed by atoms with Gasteiger partial charge in [0.05, 0.1) is 18.6 Å². The lowest BCUT2D eigenvalue weighted by Gasteiger charge is -2.19. The van der Waals surface area contributed by atoms with E-state index in [9.17, 15) is 14.7 Å². The number of hydrogen-bond donors (Lipinski definition) is 3. The predicted molar refractivity (Wildman–Crippen MR) is 51.7 cm³/mol. The molecule has 1 aromatic heterocycles. The average molecular weight is 225 g/mol. The number of aliphatic hydroxyl groups is 1. The van der Waals surface area contributed by atoms with E-state index in [0.29, 0.717) is 0 Å². The highest BCUT2D eigenvalue weighted by Gasteiger charge is 2.39. The van der Waals surface area contributed by atoms with Gasteiger partial charge in [0.1, 0.15) is 11.7 Å². The Labute approximate surface area is 90.7 Å². The Hall–Kier alpha value is -1.89. The zero-order valence-corrected chi connectivity index (χ0v) is 8.33. The number of rotatable bonds is 2. The number of nitrogens with zero attached hydrogens (tertiary/aromatic N) is 2. The molecule has 1 aromatic rings. The lowest BCUT2D eigenvalue weighted by atomic mass is 10.2. The topological polar surface area (TPSA) is 107 Å². The zero-order chi connectivity index (χ0) is 11.7. The Bertz CT molecular complexity index is 403. The van der Waals surface area contributed by atoms with Crippen LogP contribution in [0.15, 0.2) is 12.5 Å². The molecule has 2 atom stereocenters. The number of imidazole rings is 1. The number of aromatic nitrogens is 2. The van der Waals surface area contributed by atoms with Gasteiger partial charge in [-0.2, -0.15) is 0 Å². The maximum Gasteiger partial charge on any atom is 0.326 e. The number of carboxylic acids is 1. The van der Waals surface area contributed by atoms with Gasteiger partial charge in [0, 0.05) is 13.0 Å². The van der Waals surface area contributed by atoms with Gasteiger partial charge in [-0.3, -0.25) is 4.79 Å². The van der Waals surface area contributed by atoms with Gasteiger partial charge in [0.25, 0.3) is 5.91 Å². The van der Waals surface area contributed by atoms with Crippen LogP contribution < -0.4 is 0 Å². The van der Waals surface area contributed by atoms with Crippen molar-refractivity contribution in [3.05, 3.63) is 18.2 Å². The fourth-order valence-corrected chi connectivity index (χ4v) is 1.80. The van der Waals surface area contributed by atoms with E-state index in [1.54, 1.807) is 0 Å². The van der Waals surface area contributed by atoms with Crippen molar-refractivity contribution in [2.24, 2.45) is 0 Å². The van der Waals surface area contributed by atoms with Crippen molar-refractivity contribution in [1.82, 2.24) is 14.9 Å². The summed E-state index contributed by atoms with van der Waals surface area (Å²) in [4.78, 5) is 30.2. The second-order valence-electron chi connectivity index (χ2n) is 3.67. The highest BCUT2D eigenvalue weighted by Crippen LogP contribution is 2.20. The van der Waals surface area contributed by atoms with Gasteiger partial charge >= 0.3 is 5.97 Å². The zero-order valence-electron chi connectivity index (χ0n) is 8.33. The van der Waals surface area contributed by atoms with Crippen molar-refractivity contribution < 1.29 is 19.8 Å². The predicted octanol–water partition coefficient (Wildman–Crippen LogP) is -0.930. The van der Waals surface area contributed by atoms with E-state index < -0.39 is 24.0 Å².